The molecule has 0 saturated carbocycles. The summed E-state index contributed by atoms with van der Waals surface area (Å²) >= 11 is 0. The highest BCUT2D eigenvalue weighted by Gasteiger charge is 2.31. The molecule has 0 spiro atoms. The Morgan fingerprint density at radius 1 is 1.24 bits per heavy atom. The van der Waals surface area contributed by atoms with Crippen LogP contribution in [0.2, 0.25) is 0 Å². The van der Waals surface area contributed by atoms with Gasteiger partial charge < -0.3 is 9.88 Å². The molecule has 4 rings (SSSR count). The quantitative estimate of drug-likeness (QED) is 0.794. The highest BCUT2D eigenvalue weighted by Crippen LogP contribution is 2.29. The minimum absolute atomic E-state index is 0.0766. The number of piperidine rings is 1. The maximum Gasteiger partial charge on any atom is 0.276 e. The SMILES string of the molecule is O=C(c1cn(-c2ccc(F)cc2)nn1)N1CCCC[C@H]1c1ncc[nH]1. The van der Waals surface area contributed by atoms with Gasteiger partial charge in [0.2, 0.25) is 0 Å². The lowest BCUT2D eigenvalue weighted by Gasteiger charge is -2.33. The molecule has 1 N–H and O–H groups in total. The number of nitrogens with zero attached hydrogens (tertiary/aromatic N) is 5. The summed E-state index contributed by atoms with van der Waals surface area (Å²) in [6.45, 7) is 0.660. The number of aromatic amines is 1. The smallest absolute Gasteiger partial charge is 0.276 e. The van der Waals surface area contributed by atoms with Gasteiger partial charge in [-0.15, -0.1) is 5.10 Å². The van der Waals surface area contributed by atoms with Crippen LogP contribution >= 0.6 is 0 Å². The van der Waals surface area contributed by atoms with Gasteiger partial charge in [-0.1, -0.05) is 5.21 Å². The molecule has 2 aromatic heterocycles. The van der Waals surface area contributed by atoms with E-state index in [-0.39, 0.29) is 23.5 Å². The van der Waals surface area contributed by atoms with Crippen LogP contribution in [0, 0.1) is 5.82 Å². The Bertz CT molecular complexity index is 858. The summed E-state index contributed by atoms with van der Waals surface area (Å²) in [5, 5.41) is 8.00. The number of aromatic nitrogens is 5. The van der Waals surface area contributed by atoms with Crippen LogP contribution in [0.15, 0.2) is 42.9 Å². The number of halogens is 1. The van der Waals surface area contributed by atoms with E-state index in [2.05, 4.69) is 20.3 Å². The normalized spacial score (nSPS) is 17.6. The number of rotatable bonds is 3. The second-order valence-corrected chi connectivity index (χ2v) is 6.01. The van der Waals surface area contributed by atoms with Gasteiger partial charge in [0.15, 0.2) is 5.69 Å². The lowest BCUT2D eigenvalue weighted by atomic mass is 10.0. The van der Waals surface area contributed by atoms with E-state index in [9.17, 15) is 9.18 Å². The number of H-pyrrole nitrogens is 1. The Morgan fingerprint density at radius 3 is 2.84 bits per heavy atom. The van der Waals surface area contributed by atoms with Crippen molar-refractivity contribution in [2.75, 3.05) is 6.54 Å². The summed E-state index contributed by atoms with van der Waals surface area (Å²) in [7, 11) is 0. The third-order valence-electron chi connectivity index (χ3n) is 4.40. The Labute approximate surface area is 143 Å². The van der Waals surface area contributed by atoms with E-state index < -0.39 is 0 Å². The summed E-state index contributed by atoms with van der Waals surface area (Å²) in [4.78, 5) is 22.1. The van der Waals surface area contributed by atoms with Crippen LogP contribution in [-0.4, -0.2) is 42.3 Å². The number of likely N-dealkylation sites (tertiary alicyclic amines) is 1. The average Bonchev–Trinajstić information content (AvgIpc) is 3.34. The van der Waals surface area contributed by atoms with Crippen molar-refractivity contribution in [2.45, 2.75) is 25.3 Å². The topological polar surface area (TPSA) is 79.7 Å². The molecule has 1 saturated heterocycles. The first-order valence-electron chi connectivity index (χ1n) is 8.21. The van der Waals surface area contributed by atoms with E-state index in [1.54, 1.807) is 35.6 Å². The molecule has 1 aliphatic heterocycles. The van der Waals surface area contributed by atoms with E-state index in [0.29, 0.717) is 12.2 Å². The summed E-state index contributed by atoms with van der Waals surface area (Å²) < 4.78 is 14.5. The van der Waals surface area contributed by atoms with Gasteiger partial charge in [0.05, 0.1) is 17.9 Å². The average molecular weight is 340 g/mol. The Morgan fingerprint density at radius 2 is 2.08 bits per heavy atom. The van der Waals surface area contributed by atoms with Crippen molar-refractivity contribution in [1.82, 2.24) is 29.9 Å². The predicted octanol–water partition coefficient (Wildman–Crippen LogP) is 2.50. The summed E-state index contributed by atoms with van der Waals surface area (Å²) in [5.74, 6) is 0.295. The zero-order chi connectivity index (χ0) is 17.2. The molecule has 128 valence electrons. The first-order chi connectivity index (χ1) is 12.2. The molecule has 8 heteroatoms. The molecule has 1 amide bonds. The Kier molecular flexibility index (Phi) is 4.01. The van der Waals surface area contributed by atoms with Gasteiger partial charge in [-0.05, 0) is 43.5 Å². The van der Waals surface area contributed by atoms with Crippen LogP contribution in [0.5, 0.6) is 0 Å². The van der Waals surface area contributed by atoms with E-state index >= 15 is 0 Å². The van der Waals surface area contributed by atoms with Gasteiger partial charge in [-0.2, -0.15) is 0 Å². The number of benzene rings is 1. The van der Waals surface area contributed by atoms with Crippen LogP contribution < -0.4 is 0 Å². The van der Waals surface area contributed by atoms with Crippen molar-refractivity contribution in [3.05, 3.63) is 60.2 Å². The summed E-state index contributed by atoms with van der Waals surface area (Å²) in [6, 6.07) is 5.79. The lowest BCUT2D eigenvalue weighted by Crippen LogP contribution is -2.39. The number of imidazole rings is 1. The van der Waals surface area contributed by atoms with Gasteiger partial charge in [0, 0.05) is 18.9 Å². The Balaban J connectivity index is 1.58. The zero-order valence-corrected chi connectivity index (χ0v) is 13.5. The second kappa shape index (κ2) is 6.46. The van der Waals surface area contributed by atoms with E-state index in [0.717, 1.165) is 25.1 Å². The third kappa shape index (κ3) is 3.02. The molecule has 0 bridgehead atoms. The number of hydrogen-bond donors (Lipinski definition) is 1. The fourth-order valence-corrected chi connectivity index (χ4v) is 3.15. The summed E-state index contributed by atoms with van der Waals surface area (Å²) in [5.41, 5.74) is 0.914. The highest BCUT2D eigenvalue weighted by atomic mass is 19.1. The number of hydrogen-bond acceptors (Lipinski definition) is 4. The fraction of sp³-hybridized carbons (Fsp3) is 0.294. The molecule has 1 fully saturated rings. The second-order valence-electron chi connectivity index (χ2n) is 6.01. The summed E-state index contributed by atoms with van der Waals surface area (Å²) in [6.07, 6.45) is 7.90. The molecule has 7 nitrogen and oxygen atoms in total. The van der Waals surface area contributed by atoms with Gasteiger partial charge >= 0.3 is 0 Å². The number of carbonyl (C=O) groups is 1. The fourth-order valence-electron chi connectivity index (χ4n) is 3.15. The van der Waals surface area contributed by atoms with Gasteiger partial charge in [-0.3, -0.25) is 4.79 Å². The van der Waals surface area contributed by atoms with Crippen molar-refractivity contribution in [2.24, 2.45) is 0 Å². The van der Waals surface area contributed by atoms with Crippen LogP contribution in [0.1, 0.15) is 41.6 Å². The number of carbonyl (C=O) groups excluding carboxylic acids is 1. The maximum absolute atomic E-state index is 13.0. The first kappa shape index (κ1) is 15.5. The van der Waals surface area contributed by atoms with Crippen molar-refractivity contribution < 1.29 is 9.18 Å². The molecule has 0 unspecified atom stereocenters. The third-order valence-corrected chi connectivity index (χ3v) is 4.40. The van der Waals surface area contributed by atoms with Gasteiger partial charge in [0.1, 0.15) is 11.6 Å². The molecular weight excluding hydrogens is 323 g/mol. The van der Waals surface area contributed by atoms with Gasteiger partial charge in [0.25, 0.3) is 5.91 Å². The van der Waals surface area contributed by atoms with Crippen molar-refractivity contribution in [3.8, 4) is 5.69 Å². The van der Waals surface area contributed by atoms with Crippen LogP contribution in [0.4, 0.5) is 4.39 Å². The van der Waals surface area contributed by atoms with Crippen LogP contribution in [0.3, 0.4) is 0 Å². The lowest BCUT2D eigenvalue weighted by molar-refractivity contribution is 0.0595. The highest BCUT2D eigenvalue weighted by molar-refractivity contribution is 5.92. The standard InChI is InChI=1S/C17H17FN6O/c18-12-4-6-13(7-5-12)24-11-14(21-22-24)17(25)23-10-2-1-3-15(23)16-19-8-9-20-16/h4-9,11,15H,1-3,10H2,(H,19,20)/t15-/m0/s1. The molecule has 1 atom stereocenters. The van der Waals surface area contributed by atoms with Crippen molar-refractivity contribution in [3.63, 3.8) is 0 Å². The van der Waals surface area contributed by atoms with E-state index in [4.69, 9.17) is 0 Å². The molecule has 3 aromatic rings. The predicted molar refractivity (Wildman–Crippen MR) is 87.5 cm³/mol. The molecule has 1 aromatic carbocycles. The van der Waals surface area contributed by atoms with Gasteiger partial charge in [-0.25, -0.2) is 14.1 Å². The molecular formula is C17H17FN6O. The minimum atomic E-state index is -0.324. The molecule has 25 heavy (non-hydrogen) atoms. The maximum atomic E-state index is 13.0. The van der Waals surface area contributed by atoms with E-state index in [1.165, 1.54) is 16.8 Å². The minimum Gasteiger partial charge on any atom is -0.347 e. The van der Waals surface area contributed by atoms with Crippen molar-refractivity contribution >= 4 is 5.91 Å². The number of amides is 1. The number of nitrogens with one attached hydrogen (secondary N) is 1. The molecule has 1 aliphatic rings. The molecule has 0 aliphatic carbocycles. The first-order valence-corrected chi connectivity index (χ1v) is 8.21. The van der Waals surface area contributed by atoms with Crippen molar-refractivity contribution in [1.29, 1.82) is 0 Å². The molecule has 0 radical (unpaired) electrons. The van der Waals surface area contributed by atoms with Crippen LogP contribution in [-0.2, 0) is 0 Å². The zero-order valence-electron chi connectivity index (χ0n) is 13.5. The van der Waals surface area contributed by atoms with E-state index in [1.807, 2.05) is 0 Å². The molecule has 3 heterocycles. The monoisotopic (exact) mass is 340 g/mol. The largest absolute Gasteiger partial charge is 0.347 e. The Hall–Kier alpha value is -3.03. The van der Waals surface area contributed by atoms with Crippen LogP contribution in [0.25, 0.3) is 5.69 Å².